The van der Waals surface area contributed by atoms with Crippen LogP contribution in [0.4, 0.5) is 11.5 Å². The number of carbonyl (C=O) groups is 1. The Hall–Kier alpha value is -2.95. The van der Waals surface area contributed by atoms with Crippen LogP contribution in [0.25, 0.3) is 10.9 Å². The number of amides is 1. The van der Waals surface area contributed by atoms with Gasteiger partial charge in [-0.05, 0) is 30.2 Å². The van der Waals surface area contributed by atoms with E-state index in [1.807, 2.05) is 48.5 Å². The van der Waals surface area contributed by atoms with Crippen molar-refractivity contribution in [1.29, 1.82) is 0 Å². The van der Waals surface area contributed by atoms with Crippen molar-refractivity contribution in [2.45, 2.75) is 19.8 Å². The van der Waals surface area contributed by atoms with Crippen LogP contribution in [0.3, 0.4) is 0 Å². The summed E-state index contributed by atoms with van der Waals surface area (Å²) < 4.78 is 0. The number of fused-ring (bicyclic) bond motifs is 1. The molecule has 0 bridgehead atoms. The van der Waals surface area contributed by atoms with Crippen molar-refractivity contribution in [3.8, 4) is 0 Å². The maximum absolute atomic E-state index is 12.2. The first kappa shape index (κ1) is 15.9. The predicted molar refractivity (Wildman–Crippen MR) is 97.1 cm³/mol. The van der Waals surface area contributed by atoms with Crippen LogP contribution in [-0.4, -0.2) is 22.4 Å². The van der Waals surface area contributed by atoms with E-state index in [1.54, 1.807) is 6.33 Å². The molecule has 0 aliphatic heterocycles. The van der Waals surface area contributed by atoms with Gasteiger partial charge in [-0.3, -0.25) is 4.79 Å². The Morgan fingerprint density at radius 2 is 1.92 bits per heavy atom. The fourth-order valence-corrected chi connectivity index (χ4v) is 2.51. The molecule has 0 aliphatic rings. The molecule has 2 N–H and O–H groups in total. The lowest BCUT2D eigenvalue weighted by atomic mass is 10.1. The maximum Gasteiger partial charge on any atom is 0.228 e. The van der Waals surface area contributed by atoms with E-state index in [9.17, 15) is 4.79 Å². The fourth-order valence-electron chi connectivity index (χ4n) is 2.51. The third-order valence-electron chi connectivity index (χ3n) is 3.67. The Morgan fingerprint density at radius 3 is 2.71 bits per heavy atom. The first-order chi connectivity index (χ1) is 11.8. The number of hydrogen-bond donors (Lipinski definition) is 2. The number of nitrogens with one attached hydrogen (secondary N) is 2. The Bertz CT molecular complexity index is 833. The molecule has 3 rings (SSSR count). The lowest BCUT2D eigenvalue weighted by Crippen LogP contribution is -2.14. The van der Waals surface area contributed by atoms with Gasteiger partial charge >= 0.3 is 0 Å². The second kappa shape index (κ2) is 7.55. The molecule has 0 atom stereocenters. The highest BCUT2D eigenvalue weighted by Gasteiger charge is 2.07. The molecule has 0 aliphatic carbocycles. The largest absolute Gasteiger partial charge is 0.369 e. The molecule has 122 valence electrons. The number of rotatable bonds is 6. The highest BCUT2D eigenvalue weighted by molar-refractivity contribution is 5.97. The van der Waals surface area contributed by atoms with Gasteiger partial charge in [-0.1, -0.05) is 37.3 Å². The van der Waals surface area contributed by atoms with Gasteiger partial charge in [0.05, 0.1) is 11.9 Å². The summed E-state index contributed by atoms with van der Waals surface area (Å²) >= 11 is 0. The Kier molecular flexibility index (Phi) is 5.01. The van der Waals surface area contributed by atoms with Crippen LogP contribution in [0.5, 0.6) is 0 Å². The molecule has 5 heteroatoms. The SMILES string of the molecule is CCCNc1ncnc2ccc(NC(=O)Cc3ccccc3)cc12. The summed E-state index contributed by atoms with van der Waals surface area (Å²) in [6, 6.07) is 15.4. The van der Waals surface area contributed by atoms with Gasteiger partial charge in [-0.15, -0.1) is 0 Å². The Balaban J connectivity index is 1.78. The first-order valence-electron chi connectivity index (χ1n) is 8.08. The van der Waals surface area contributed by atoms with E-state index in [0.29, 0.717) is 6.42 Å². The van der Waals surface area contributed by atoms with Crippen molar-refractivity contribution < 1.29 is 4.79 Å². The van der Waals surface area contributed by atoms with E-state index in [4.69, 9.17) is 0 Å². The van der Waals surface area contributed by atoms with E-state index in [-0.39, 0.29) is 5.91 Å². The third kappa shape index (κ3) is 3.87. The van der Waals surface area contributed by atoms with Gasteiger partial charge in [0.2, 0.25) is 5.91 Å². The summed E-state index contributed by atoms with van der Waals surface area (Å²) in [7, 11) is 0. The van der Waals surface area contributed by atoms with Crippen LogP contribution in [0.15, 0.2) is 54.9 Å². The predicted octanol–water partition coefficient (Wildman–Crippen LogP) is 3.63. The second-order valence-corrected chi connectivity index (χ2v) is 5.59. The molecule has 0 spiro atoms. The van der Waals surface area contributed by atoms with Gasteiger partial charge < -0.3 is 10.6 Å². The van der Waals surface area contributed by atoms with Gasteiger partial charge in [0.1, 0.15) is 12.1 Å². The summed E-state index contributed by atoms with van der Waals surface area (Å²) in [6.45, 7) is 2.95. The standard InChI is InChI=1S/C19H20N4O/c1-2-10-20-19-16-12-15(8-9-17(16)21-13-22-19)23-18(24)11-14-6-4-3-5-7-14/h3-9,12-13H,2,10-11H2,1H3,(H,23,24)(H,20,21,22). The summed E-state index contributed by atoms with van der Waals surface area (Å²) in [4.78, 5) is 20.8. The normalized spacial score (nSPS) is 10.5. The van der Waals surface area contributed by atoms with Gasteiger partial charge in [-0.25, -0.2) is 9.97 Å². The monoisotopic (exact) mass is 320 g/mol. The van der Waals surface area contributed by atoms with Crippen molar-refractivity contribution in [1.82, 2.24) is 9.97 Å². The van der Waals surface area contributed by atoms with E-state index >= 15 is 0 Å². The summed E-state index contributed by atoms with van der Waals surface area (Å²) in [5.74, 6) is 0.751. The lowest BCUT2D eigenvalue weighted by molar-refractivity contribution is -0.115. The van der Waals surface area contributed by atoms with Gasteiger partial charge in [0, 0.05) is 17.6 Å². The van der Waals surface area contributed by atoms with E-state index in [0.717, 1.165) is 40.9 Å². The molecule has 1 amide bonds. The van der Waals surface area contributed by atoms with E-state index < -0.39 is 0 Å². The second-order valence-electron chi connectivity index (χ2n) is 5.59. The van der Waals surface area contributed by atoms with Crippen molar-refractivity contribution in [2.75, 3.05) is 17.2 Å². The molecule has 5 nitrogen and oxygen atoms in total. The van der Waals surface area contributed by atoms with Gasteiger partial charge in [0.25, 0.3) is 0 Å². The van der Waals surface area contributed by atoms with Crippen LogP contribution >= 0.6 is 0 Å². The highest BCUT2D eigenvalue weighted by Crippen LogP contribution is 2.23. The third-order valence-corrected chi connectivity index (χ3v) is 3.67. The number of nitrogens with zero attached hydrogens (tertiary/aromatic N) is 2. The average molecular weight is 320 g/mol. The molecule has 0 radical (unpaired) electrons. The minimum atomic E-state index is -0.0412. The number of aromatic nitrogens is 2. The minimum absolute atomic E-state index is 0.0412. The Labute approximate surface area is 141 Å². The zero-order valence-electron chi connectivity index (χ0n) is 13.6. The summed E-state index contributed by atoms with van der Waals surface area (Å²) in [5, 5.41) is 7.14. The lowest BCUT2D eigenvalue weighted by Gasteiger charge is -2.10. The van der Waals surface area contributed by atoms with Crippen LogP contribution in [0.1, 0.15) is 18.9 Å². The number of hydrogen-bond acceptors (Lipinski definition) is 4. The topological polar surface area (TPSA) is 66.9 Å². The molecular formula is C19H20N4O. The van der Waals surface area contributed by atoms with Crippen molar-refractivity contribution in [3.05, 3.63) is 60.4 Å². The molecule has 0 saturated carbocycles. The van der Waals surface area contributed by atoms with Crippen molar-refractivity contribution >= 4 is 28.3 Å². The highest BCUT2D eigenvalue weighted by atomic mass is 16.1. The number of benzene rings is 2. The number of anilines is 2. The van der Waals surface area contributed by atoms with Crippen LogP contribution < -0.4 is 10.6 Å². The fraction of sp³-hybridized carbons (Fsp3) is 0.211. The van der Waals surface area contributed by atoms with E-state index in [1.165, 1.54) is 0 Å². The quantitative estimate of drug-likeness (QED) is 0.728. The molecule has 0 saturated heterocycles. The maximum atomic E-state index is 12.2. The minimum Gasteiger partial charge on any atom is -0.369 e. The first-order valence-corrected chi connectivity index (χ1v) is 8.08. The van der Waals surface area contributed by atoms with Crippen LogP contribution in [0.2, 0.25) is 0 Å². The molecule has 0 unspecified atom stereocenters. The summed E-state index contributed by atoms with van der Waals surface area (Å²) in [5.41, 5.74) is 2.59. The van der Waals surface area contributed by atoms with Gasteiger partial charge in [-0.2, -0.15) is 0 Å². The molecule has 1 heterocycles. The number of carbonyl (C=O) groups excluding carboxylic acids is 1. The van der Waals surface area contributed by atoms with Gasteiger partial charge in [0.15, 0.2) is 0 Å². The zero-order chi connectivity index (χ0) is 16.8. The summed E-state index contributed by atoms with van der Waals surface area (Å²) in [6.07, 6.45) is 2.91. The van der Waals surface area contributed by atoms with E-state index in [2.05, 4.69) is 27.5 Å². The van der Waals surface area contributed by atoms with Crippen LogP contribution in [0, 0.1) is 0 Å². The van der Waals surface area contributed by atoms with Crippen molar-refractivity contribution in [2.24, 2.45) is 0 Å². The molecule has 0 fully saturated rings. The van der Waals surface area contributed by atoms with Crippen LogP contribution in [-0.2, 0) is 11.2 Å². The molecule has 3 aromatic rings. The van der Waals surface area contributed by atoms with Crippen molar-refractivity contribution in [3.63, 3.8) is 0 Å². The zero-order valence-corrected chi connectivity index (χ0v) is 13.6. The molecular weight excluding hydrogens is 300 g/mol. The molecule has 1 aromatic heterocycles. The smallest absolute Gasteiger partial charge is 0.228 e. The molecule has 2 aromatic carbocycles. The average Bonchev–Trinajstić information content (AvgIpc) is 2.60. The Morgan fingerprint density at radius 1 is 1.08 bits per heavy atom. The molecule has 24 heavy (non-hydrogen) atoms.